The molecule has 0 saturated heterocycles. The number of hydrogen-bond donors (Lipinski definition) is 0. The van der Waals surface area contributed by atoms with E-state index in [0.717, 1.165) is 10.6 Å². The quantitative estimate of drug-likeness (QED) is 0.433. The Kier molecular flexibility index (Phi) is 6.07. The van der Waals surface area contributed by atoms with E-state index in [9.17, 15) is 24.5 Å². The first kappa shape index (κ1) is 19.8. The number of aromatic nitrogens is 1. The van der Waals surface area contributed by atoms with Crippen molar-refractivity contribution in [2.24, 2.45) is 0 Å². The van der Waals surface area contributed by atoms with Gasteiger partial charge in [0.15, 0.2) is 0 Å². The highest BCUT2D eigenvalue weighted by molar-refractivity contribution is 5.96. The summed E-state index contributed by atoms with van der Waals surface area (Å²) in [6.07, 6.45) is 0. The predicted octanol–water partition coefficient (Wildman–Crippen LogP) is 2.41. The summed E-state index contributed by atoms with van der Waals surface area (Å²) in [6.45, 7) is 4.72. The minimum Gasteiger partial charge on any atom is -0.462 e. The normalized spacial score (nSPS) is 10.3. The Morgan fingerprint density at radius 3 is 2.19 bits per heavy atom. The number of carbonyl (C=O) groups excluding carboxylic acids is 2. The molecule has 0 bridgehead atoms. The van der Waals surface area contributed by atoms with Crippen LogP contribution in [-0.2, 0) is 9.47 Å². The molecule has 0 atom stereocenters. The number of rotatable bonds is 6. The van der Waals surface area contributed by atoms with Gasteiger partial charge in [-0.2, -0.15) is 0 Å². The number of carbonyl (C=O) groups is 2. The molecule has 0 unspecified atom stereocenters. The van der Waals surface area contributed by atoms with Gasteiger partial charge in [0, 0.05) is 11.8 Å². The third-order valence-electron chi connectivity index (χ3n) is 3.76. The molecule has 0 saturated carbocycles. The van der Waals surface area contributed by atoms with Gasteiger partial charge >= 0.3 is 11.9 Å². The first-order valence-corrected chi connectivity index (χ1v) is 8.18. The fourth-order valence-corrected chi connectivity index (χ4v) is 2.57. The highest BCUT2D eigenvalue weighted by Gasteiger charge is 2.26. The summed E-state index contributed by atoms with van der Waals surface area (Å²) < 4.78 is 10.8. The lowest BCUT2D eigenvalue weighted by atomic mass is 10.1. The summed E-state index contributed by atoms with van der Waals surface area (Å²) in [6, 6.07) is 6.64. The van der Waals surface area contributed by atoms with Gasteiger partial charge in [0.05, 0.1) is 23.7 Å². The highest BCUT2D eigenvalue weighted by Crippen LogP contribution is 2.24. The maximum Gasteiger partial charge on any atom is 0.343 e. The topological polar surface area (TPSA) is 118 Å². The molecule has 0 aliphatic carbocycles. The lowest BCUT2D eigenvalue weighted by molar-refractivity contribution is -0.384. The van der Waals surface area contributed by atoms with Gasteiger partial charge in [-0.3, -0.25) is 19.5 Å². The van der Waals surface area contributed by atoms with Crippen LogP contribution in [0, 0.1) is 17.0 Å². The molecule has 0 aliphatic rings. The molecule has 1 aromatic heterocycles. The number of esters is 2. The molecule has 2 aromatic rings. The van der Waals surface area contributed by atoms with Crippen LogP contribution in [0.15, 0.2) is 35.1 Å². The SMILES string of the molecule is CCOC(=O)c1cc(C(=O)OCC)c(=O)n(-c2ccccc2[N+](=O)[O-])c1C. The molecule has 0 N–H and O–H groups in total. The maximum atomic E-state index is 12.9. The van der Waals surface area contributed by atoms with Crippen LogP contribution in [0.3, 0.4) is 0 Å². The summed E-state index contributed by atoms with van der Waals surface area (Å²) in [7, 11) is 0. The zero-order chi connectivity index (χ0) is 20.1. The van der Waals surface area contributed by atoms with Crippen molar-refractivity contribution >= 4 is 17.6 Å². The number of nitro groups is 1. The van der Waals surface area contributed by atoms with Crippen molar-refractivity contribution in [1.82, 2.24) is 4.57 Å². The Hall–Kier alpha value is -3.49. The van der Waals surface area contributed by atoms with E-state index in [4.69, 9.17) is 9.47 Å². The van der Waals surface area contributed by atoms with E-state index in [2.05, 4.69) is 0 Å². The van der Waals surface area contributed by atoms with Crippen LogP contribution < -0.4 is 5.56 Å². The lowest BCUT2D eigenvalue weighted by Crippen LogP contribution is -2.30. The average molecular weight is 374 g/mol. The van der Waals surface area contributed by atoms with Gasteiger partial charge in [-0.15, -0.1) is 0 Å². The van der Waals surface area contributed by atoms with Gasteiger partial charge in [-0.05, 0) is 32.9 Å². The van der Waals surface area contributed by atoms with Crippen LogP contribution in [0.4, 0.5) is 5.69 Å². The second-order valence-corrected chi connectivity index (χ2v) is 5.38. The number of nitrogens with zero attached hydrogens (tertiary/aromatic N) is 2. The Balaban J connectivity index is 2.88. The fourth-order valence-electron chi connectivity index (χ4n) is 2.57. The van der Waals surface area contributed by atoms with E-state index in [1.54, 1.807) is 13.8 Å². The number of hydrogen-bond acceptors (Lipinski definition) is 7. The van der Waals surface area contributed by atoms with Crippen LogP contribution in [0.25, 0.3) is 5.69 Å². The van der Waals surface area contributed by atoms with Gasteiger partial charge in [-0.25, -0.2) is 9.59 Å². The molecule has 1 aromatic carbocycles. The van der Waals surface area contributed by atoms with Crippen LogP contribution in [-0.4, -0.2) is 34.6 Å². The second-order valence-electron chi connectivity index (χ2n) is 5.38. The van der Waals surface area contributed by atoms with Gasteiger partial charge in [-0.1, -0.05) is 12.1 Å². The summed E-state index contributed by atoms with van der Waals surface area (Å²) >= 11 is 0. The van der Waals surface area contributed by atoms with Crippen LogP contribution >= 0.6 is 0 Å². The number of pyridine rings is 1. The van der Waals surface area contributed by atoms with E-state index in [1.807, 2.05) is 0 Å². The van der Waals surface area contributed by atoms with Gasteiger partial charge in [0.25, 0.3) is 11.2 Å². The first-order chi connectivity index (χ1) is 12.8. The van der Waals surface area contributed by atoms with E-state index in [0.29, 0.717) is 0 Å². The van der Waals surface area contributed by atoms with Crippen molar-refractivity contribution in [3.05, 3.63) is 67.6 Å². The molecule has 9 nitrogen and oxygen atoms in total. The third kappa shape index (κ3) is 3.86. The third-order valence-corrected chi connectivity index (χ3v) is 3.76. The zero-order valence-electron chi connectivity index (χ0n) is 15.1. The van der Waals surface area contributed by atoms with E-state index < -0.39 is 28.0 Å². The summed E-state index contributed by atoms with van der Waals surface area (Å²) in [5.74, 6) is -1.69. The molecule has 2 rings (SSSR count). The molecule has 0 aliphatic heterocycles. The Morgan fingerprint density at radius 1 is 1.07 bits per heavy atom. The minimum atomic E-state index is -0.930. The largest absolute Gasteiger partial charge is 0.462 e. The Morgan fingerprint density at radius 2 is 1.63 bits per heavy atom. The Labute approximate surface area is 154 Å². The molecular formula is C18H18N2O7. The van der Waals surface area contributed by atoms with Gasteiger partial charge in [0.2, 0.25) is 0 Å². The van der Waals surface area contributed by atoms with Crippen LogP contribution in [0.1, 0.15) is 40.3 Å². The van der Waals surface area contributed by atoms with Crippen molar-refractivity contribution in [2.75, 3.05) is 13.2 Å². The summed E-state index contributed by atoms with van der Waals surface area (Å²) in [5.41, 5.74) is -1.60. The summed E-state index contributed by atoms with van der Waals surface area (Å²) in [5, 5.41) is 11.4. The highest BCUT2D eigenvalue weighted by atomic mass is 16.6. The van der Waals surface area contributed by atoms with E-state index >= 15 is 0 Å². The van der Waals surface area contributed by atoms with E-state index in [1.165, 1.54) is 31.2 Å². The second kappa shape index (κ2) is 8.26. The molecule has 9 heteroatoms. The summed E-state index contributed by atoms with van der Waals surface area (Å²) in [4.78, 5) is 48.1. The zero-order valence-corrected chi connectivity index (χ0v) is 15.1. The fraction of sp³-hybridized carbons (Fsp3) is 0.278. The average Bonchev–Trinajstić information content (AvgIpc) is 2.62. The molecule has 1 heterocycles. The number of para-hydroxylation sites is 2. The smallest absolute Gasteiger partial charge is 0.343 e. The first-order valence-electron chi connectivity index (χ1n) is 8.18. The number of ether oxygens (including phenoxy) is 2. The molecular weight excluding hydrogens is 356 g/mol. The van der Waals surface area contributed by atoms with Gasteiger partial charge in [0.1, 0.15) is 11.3 Å². The molecule has 0 amide bonds. The van der Waals surface area contributed by atoms with Crippen molar-refractivity contribution in [3.8, 4) is 5.69 Å². The lowest BCUT2D eigenvalue weighted by Gasteiger charge is -2.15. The van der Waals surface area contributed by atoms with Gasteiger partial charge < -0.3 is 9.47 Å². The molecule has 142 valence electrons. The predicted molar refractivity (Wildman–Crippen MR) is 95.3 cm³/mol. The number of nitro benzene ring substituents is 1. The minimum absolute atomic E-state index is 0.0202. The van der Waals surface area contributed by atoms with Crippen molar-refractivity contribution in [2.45, 2.75) is 20.8 Å². The number of benzene rings is 1. The Bertz CT molecular complexity index is 963. The maximum absolute atomic E-state index is 12.9. The molecule has 0 radical (unpaired) electrons. The van der Waals surface area contributed by atoms with Crippen LogP contribution in [0.5, 0.6) is 0 Å². The van der Waals surface area contributed by atoms with Crippen molar-refractivity contribution < 1.29 is 24.0 Å². The van der Waals surface area contributed by atoms with Crippen molar-refractivity contribution in [1.29, 1.82) is 0 Å². The monoisotopic (exact) mass is 374 g/mol. The molecule has 27 heavy (non-hydrogen) atoms. The molecule has 0 spiro atoms. The standard InChI is InChI=1S/C18H18N2O7/c1-4-26-17(22)12-10-13(18(23)27-5-2)16(21)19(11(12)3)14-8-6-7-9-15(14)20(24)25/h6-10H,4-5H2,1-3H3. The molecule has 0 fully saturated rings. The van der Waals surface area contributed by atoms with Crippen molar-refractivity contribution in [3.63, 3.8) is 0 Å². The van der Waals surface area contributed by atoms with E-state index in [-0.39, 0.29) is 35.8 Å². The van der Waals surface area contributed by atoms with Crippen LogP contribution in [0.2, 0.25) is 0 Å².